The number of methoxy groups -OCH3 is 1. The second-order valence-electron chi connectivity index (χ2n) is 4.24. The van der Waals surface area contributed by atoms with Gasteiger partial charge < -0.3 is 9.64 Å². The molecule has 94 valence electrons. The molecule has 0 radical (unpaired) electrons. The molecular weight excluding hydrogens is 282 g/mol. The summed E-state index contributed by atoms with van der Waals surface area (Å²) >= 11 is 2.95. The molecule has 1 aromatic carbocycles. The molecule has 0 aromatic heterocycles. The van der Waals surface area contributed by atoms with Crippen molar-refractivity contribution in [3.05, 3.63) is 28.3 Å². The topological polar surface area (TPSA) is 29.5 Å². The van der Waals surface area contributed by atoms with Crippen molar-refractivity contribution in [1.29, 1.82) is 0 Å². The Labute approximate surface area is 111 Å². The minimum absolute atomic E-state index is 0.108. The number of carbonyl (C=O) groups is 1. The summed E-state index contributed by atoms with van der Waals surface area (Å²) in [5, 5.41) is 0. The van der Waals surface area contributed by atoms with Gasteiger partial charge in [0.2, 0.25) is 0 Å². The van der Waals surface area contributed by atoms with E-state index in [0.717, 1.165) is 22.4 Å². The smallest absolute Gasteiger partial charge is 0.289 e. The number of ether oxygens (including phenoxy) is 1. The van der Waals surface area contributed by atoms with E-state index in [1.54, 1.807) is 19.1 Å². The molecule has 0 saturated carbocycles. The fourth-order valence-corrected chi connectivity index (χ4v) is 2.06. The van der Waals surface area contributed by atoms with Gasteiger partial charge in [0.1, 0.15) is 5.75 Å². The Morgan fingerprint density at radius 1 is 1.35 bits per heavy atom. The number of halogens is 1. The van der Waals surface area contributed by atoms with Crippen LogP contribution in [-0.2, 0) is 6.54 Å². The van der Waals surface area contributed by atoms with Gasteiger partial charge in [-0.1, -0.05) is 6.07 Å². The van der Waals surface area contributed by atoms with Crippen LogP contribution in [0.4, 0.5) is 4.79 Å². The maximum absolute atomic E-state index is 11.2. The Kier molecular flexibility index (Phi) is 4.57. The van der Waals surface area contributed by atoms with Crippen LogP contribution in [-0.4, -0.2) is 23.9 Å². The van der Waals surface area contributed by atoms with E-state index in [4.69, 9.17) is 4.74 Å². The van der Waals surface area contributed by atoms with Gasteiger partial charge in [-0.15, -0.1) is 0 Å². The SMILES string of the molecule is COc1c(C)cc(CN(C)C(=O)Br)c(C)c1C. The molecule has 4 heteroatoms. The van der Waals surface area contributed by atoms with E-state index in [-0.39, 0.29) is 4.82 Å². The van der Waals surface area contributed by atoms with Gasteiger partial charge in [0.05, 0.1) is 7.11 Å². The largest absolute Gasteiger partial charge is 0.496 e. The molecule has 0 saturated heterocycles. The Hall–Kier alpha value is -1.03. The first-order valence-corrected chi connectivity index (χ1v) is 6.22. The number of aryl methyl sites for hydroxylation is 1. The number of benzene rings is 1. The third kappa shape index (κ3) is 3.00. The Bertz CT molecular complexity index is 444. The van der Waals surface area contributed by atoms with Crippen molar-refractivity contribution in [3.8, 4) is 5.75 Å². The standard InChI is InChI=1S/C13H18BrNO2/c1-8-6-11(7-15(4)13(14)16)9(2)10(3)12(8)17-5/h6H,7H2,1-5H3. The summed E-state index contributed by atoms with van der Waals surface area (Å²) in [7, 11) is 3.45. The quantitative estimate of drug-likeness (QED) is 0.631. The first kappa shape index (κ1) is 14.0. The molecule has 0 spiro atoms. The molecule has 0 N–H and O–H groups in total. The van der Waals surface area contributed by atoms with Crippen molar-refractivity contribution in [2.24, 2.45) is 0 Å². The molecule has 0 aliphatic carbocycles. The highest BCUT2D eigenvalue weighted by molar-refractivity contribution is 9.18. The minimum Gasteiger partial charge on any atom is -0.496 e. The molecule has 1 rings (SSSR count). The number of hydrogen-bond acceptors (Lipinski definition) is 2. The van der Waals surface area contributed by atoms with Crippen LogP contribution < -0.4 is 4.74 Å². The lowest BCUT2D eigenvalue weighted by molar-refractivity contribution is 0.233. The van der Waals surface area contributed by atoms with Gasteiger partial charge in [-0.25, -0.2) is 0 Å². The summed E-state index contributed by atoms with van der Waals surface area (Å²) in [4.78, 5) is 12.7. The molecule has 1 aromatic rings. The van der Waals surface area contributed by atoms with Crippen LogP contribution in [0.5, 0.6) is 5.75 Å². The average molecular weight is 300 g/mol. The minimum atomic E-state index is -0.108. The predicted molar refractivity (Wildman–Crippen MR) is 73.0 cm³/mol. The fraction of sp³-hybridized carbons (Fsp3) is 0.462. The maximum atomic E-state index is 11.2. The van der Waals surface area contributed by atoms with E-state index in [1.807, 2.05) is 13.8 Å². The van der Waals surface area contributed by atoms with E-state index in [9.17, 15) is 4.79 Å². The van der Waals surface area contributed by atoms with Crippen LogP contribution in [0, 0.1) is 20.8 Å². The van der Waals surface area contributed by atoms with Crippen LogP contribution in [0.1, 0.15) is 22.3 Å². The van der Waals surface area contributed by atoms with Gasteiger partial charge in [0.25, 0.3) is 4.82 Å². The molecule has 0 aliphatic rings. The van der Waals surface area contributed by atoms with E-state index in [0.29, 0.717) is 6.54 Å². The number of amides is 1. The lowest BCUT2D eigenvalue weighted by Gasteiger charge is -2.19. The van der Waals surface area contributed by atoms with Crippen molar-refractivity contribution in [3.63, 3.8) is 0 Å². The van der Waals surface area contributed by atoms with Crippen molar-refractivity contribution < 1.29 is 9.53 Å². The normalized spacial score (nSPS) is 10.2. The molecule has 3 nitrogen and oxygen atoms in total. The molecule has 0 fully saturated rings. The van der Waals surface area contributed by atoms with Gasteiger partial charge in [0.15, 0.2) is 0 Å². The molecule has 0 unspecified atom stereocenters. The molecule has 0 atom stereocenters. The summed E-state index contributed by atoms with van der Waals surface area (Å²) in [5.41, 5.74) is 4.56. The average Bonchev–Trinajstić information content (AvgIpc) is 2.26. The molecule has 0 heterocycles. The van der Waals surface area contributed by atoms with Gasteiger partial charge in [0, 0.05) is 29.5 Å². The Morgan fingerprint density at radius 3 is 2.41 bits per heavy atom. The second-order valence-corrected chi connectivity index (χ2v) is 4.92. The summed E-state index contributed by atoms with van der Waals surface area (Å²) in [6.07, 6.45) is 0. The Morgan fingerprint density at radius 2 is 1.94 bits per heavy atom. The first-order valence-electron chi connectivity index (χ1n) is 5.42. The summed E-state index contributed by atoms with van der Waals surface area (Å²) in [5.74, 6) is 0.930. The molecule has 0 aliphatic heterocycles. The van der Waals surface area contributed by atoms with Gasteiger partial charge in [-0.2, -0.15) is 0 Å². The fourth-order valence-electron chi connectivity index (χ4n) is 1.94. The van der Waals surface area contributed by atoms with Crippen LogP contribution >= 0.6 is 15.9 Å². The van der Waals surface area contributed by atoms with Crippen molar-refractivity contribution in [2.75, 3.05) is 14.2 Å². The maximum Gasteiger partial charge on any atom is 0.289 e. The third-order valence-corrected chi connectivity index (χ3v) is 3.65. The zero-order valence-electron chi connectivity index (χ0n) is 10.9. The van der Waals surface area contributed by atoms with Gasteiger partial charge in [-0.3, -0.25) is 4.79 Å². The second kappa shape index (κ2) is 5.54. The van der Waals surface area contributed by atoms with Crippen LogP contribution in [0.2, 0.25) is 0 Å². The summed E-state index contributed by atoms with van der Waals surface area (Å²) in [6, 6.07) is 2.08. The number of hydrogen-bond donors (Lipinski definition) is 0. The van der Waals surface area contributed by atoms with Crippen molar-refractivity contribution in [2.45, 2.75) is 27.3 Å². The van der Waals surface area contributed by atoms with Crippen molar-refractivity contribution in [1.82, 2.24) is 4.90 Å². The van der Waals surface area contributed by atoms with E-state index in [1.165, 1.54) is 5.56 Å². The Balaban J connectivity index is 3.15. The third-order valence-electron chi connectivity index (χ3n) is 3.05. The van der Waals surface area contributed by atoms with Crippen molar-refractivity contribution >= 4 is 20.7 Å². The molecule has 1 amide bonds. The molecule has 17 heavy (non-hydrogen) atoms. The van der Waals surface area contributed by atoms with Crippen LogP contribution in [0.3, 0.4) is 0 Å². The van der Waals surface area contributed by atoms with E-state index >= 15 is 0 Å². The highest BCUT2D eigenvalue weighted by Gasteiger charge is 2.13. The van der Waals surface area contributed by atoms with Gasteiger partial charge >= 0.3 is 0 Å². The highest BCUT2D eigenvalue weighted by Crippen LogP contribution is 2.29. The summed E-state index contributed by atoms with van der Waals surface area (Å²) in [6.45, 7) is 6.71. The zero-order valence-corrected chi connectivity index (χ0v) is 12.5. The molecule has 0 bridgehead atoms. The highest BCUT2D eigenvalue weighted by atomic mass is 79.9. The van der Waals surface area contributed by atoms with Gasteiger partial charge in [-0.05, 0) is 43.0 Å². The van der Waals surface area contributed by atoms with E-state index in [2.05, 4.69) is 28.9 Å². The van der Waals surface area contributed by atoms with E-state index < -0.39 is 0 Å². The molecular formula is C13H18BrNO2. The lowest BCUT2D eigenvalue weighted by atomic mass is 9.98. The first-order chi connectivity index (χ1) is 7.88. The zero-order chi connectivity index (χ0) is 13.2. The number of nitrogens with zero attached hydrogens (tertiary/aromatic N) is 1. The predicted octanol–water partition coefficient (Wildman–Crippen LogP) is 3.57. The summed E-state index contributed by atoms with van der Waals surface area (Å²) < 4.78 is 5.37. The number of rotatable bonds is 3. The lowest BCUT2D eigenvalue weighted by Crippen LogP contribution is -2.20. The number of carbonyl (C=O) groups excluding carboxylic acids is 1. The van der Waals surface area contributed by atoms with Crippen LogP contribution in [0.25, 0.3) is 0 Å². The monoisotopic (exact) mass is 299 g/mol. The van der Waals surface area contributed by atoms with Crippen LogP contribution in [0.15, 0.2) is 6.07 Å².